The Bertz CT molecular complexity index is 730. The van der Waals surface area contributed by atoms with Crippen LogP contribution in [0.1, 0.15) is 23.0 Å². The summed E-state index contributed by atoms with van der Waals surface area (Å²) in [4.78, 5) is 10.9. The fraction of sp³-hybridized carbons (Fsp3) is 0.357. The van der Waals surface area contributed by atoms with Crippen molar-refractivity contribution in [2.75, 3.05) is 7.05 Å². The molecule has 20 heavy (non-hydrogen) atoms. The van der Waals surface area contributed by atoms with Gasteiger partial charge >= 0.3 is 0 Å². The molecule has 3 rings (SSSR count). The number of fused-ring (bicyclic) bond motifs is 1. The van der Waals surface area contributed by atoms with Gasteiger partial charge < -0.3 is 8.92 Å². The van der Waals surface area contributed by atoms with Crippen molar-refractivity contribution in [3.05, 3.63) is 47.5 Å². The van der Waals surface area contributed by atoms with Gasteiger partial charge in [-0.05, 0) is 38.6 Å². The van der Waals surface area contributed by atoms with Gasteiger partial charge in [0.15, 0.2) is 5.82 Å². The third kappa shape index (κ3) is 2.70. The maximum absolute atomic E-state index is 5.12. The fourth-order valence-electron chi connectivity index (χ4n) is 2.18. The highest BCUT2D eigenvalue weighted by atomic mass is 16.5. The Morgan fingerprint density at radius 3 is 2.85 bits per heavy atom. The molecule has 104 valence electrons. The van der Waals surface area contributed by atoms with Gasteiger partial charge in [-0.15, -0.1) is 0 Å². The van der Waals surface area contributed by atoms with E-state index in [1.165, 1.54) is 5.56 Å². The van der Waals surface area contributed by atoms with Crippen LogP contribution < -0.4 is 0 Å². The van der Waals surface area contributed by atoms with Crippen molar-refractivity contribution in [3.8, 4) is 0 Å². The molecular formula is C14H17N5O. The number of hydrogen-bond donors (Lipinski definition) is 0. The van der Waals surface area contributed by atoms with E-state index >= 15 is 0 Å². The van der Waals surface area contributed by atoms with Gasteiger partial charge in [0, 0.05) is 18.9 Å². The lowest BCUT2D eigenvalue weighted by Gasteiger charge is -2.11. The van der Waals surface area contributed by atoms with Crippen LogP contribution in [0.2, 0.25) is 0 Å². The summed E-state index contributed by atoms with van der Waals surface area (Å²) in [7, 11) is 2.01. The van der Waals surface area contributed by atoms with Crippen LogP contribution in [-0.4, -0.2) is 31.5 Å². The lowest BCUT2D eigenvalue weighted by atomic mass is 10.3. The maximum atomic E-state index is 5.12. The molecular weight excluding hydrogens is 254 g/mol. The fourth-order valence-corrected chi connectivity index (χ4v) is 2.18. The highest BCUT2D eigenvalue weighted by Gasteiger charge is 2.09. The summed E-state index contributed by atoms with van der Waals surface area (Å²) in [6, 6.07) is 4.15. The number of aryl methyl sites for hydroxylation is 2. The van der Waals surface area contributed by atoms with E-state index in [-0.39, 0.29) is 0 Å². The predicted octanol–water partition coefficient (Wildman–Crippen LogP) is 1.97. The Morgan fingerprint density at radius 1 is 1.25 bits per heavy atom. The molecule has 0 aliphatic heterocycles. The monoisotopic (exact) mass is 271 g/mol. The molecule has 0 aliphatic carbocycles. The van der Waals surface area contributed by atoms with E-state index in [1.807, 2.05) is 30.8 Å². The first-order valence-electron chi connectivity index (χ1n) is 6.52. The Hall–Kier alpha value is -2.21. The maximum Gasteiger partial charge on any atom is 0.240 e. The third-order valence-corrected chi connectivity index (χ3v) is 3.07. The lowest BCUT2D eigenvalue weighted by Crippen LogP contribution is -2.17. The topological polar surface area (TPSA) is 59.5 Å². The molecule has 0 radical (unpaired) electrons. The molecule has 0 aromatic carbocycles. The van der Waals surface area contributed by atoms with E-state index in [4.69, 9.17) is 4.52 Å². The molecule has 0 atom stereocenters. The lowest BCUT2D eigenvalue weighted by molar-refractivity contribution is 0.258. The summed E-state index contributed by atoms with van der Waals surface area (Å²) in [6.07, 6.45) is 4.08. The van der Waals surface area contributed by atoms with Gasteiger partial charge in [-0.1, -0.05) is 5.16 Å². The predicted molar refractivity (Wildman–Crippen MR) is 74.1 cm³/mol. The second kappa shape index (κ2) is 5.05. The Balaban J connectivity index is 1.72. The summed E-state index contributed by atoms with van der Waals surface area (Å²) in [5.41, 5.74) is 3.21. The molecule has 0 N–H and O–H groups in total. The van der Waals surface area contributed by atoms with Gasteiger partial charge in [-0.3, -0.25) is 4.90 Å². The number of imidazole rings is 1. The molecule has 3 heterocycles. The minimum Gasteiger partial charge on any atom is -0.338 e. The van der Waals surface area contributed by atoms with Crippen LogP contribution in [0.3, 0.4) is 0 Å². The average molecular weight is 271 g/mol. The summed E-state index contributed by atoms with van der Waals surface area (Å²) < 4.78 is 7.15. The van der Waals surface area contributed by atoms with Crippen molar-refractivity contribution in [3.63, 3.8) is 0 Å². The van der Waals surface area contributed by atoms with Crippen LogP contribution in [0, 0.1) is 13.8 Å². The van der Waals surface area contributed by atoms with Gasteiger partial charge in [0.25, 0.3) is 0 Å². The van der Waals surface area contributed by atoms with E-state index in [0.717, 1.165) is 17.9 Å². The van der Waals surface area contributed by atoms with Crippen LogP contribution in [0.5, 0.6) is 0 Å². The highest BCUT2D eigenvalue weighted by molar-refractivity contribution is 5.42. The van der Waals surface area contributed by atoms with Crippen molar-refractivity contribution >= 4 is 5.65 Å². The van der Waals surface area contributed by atoms with Gasteiger partial charge in [0.2, 0.25) is 5.89 Å². The van der Waals surface area contributed by atoms with Crippen LogP contribution in [0.25, 0.3) is 5.65 Å². The normalized spacial score (nSPS) is 11.6. The SMILES string of the molecule is Cc1ccn2cc(CN(C)Cc3nc(C)no3)nc2c1. The second-order valence-electron chi connectivity index (χ2n) is 5.11. The molecule has 0 aliphatic rings. The molecule has 0 amide bonds. The molecule has 0 unspecified atom stereocenters. The number of nitrogens with zero attached hydrogens (tertiary/aromatic N) is 5. The molecule has 0 fully saturated rings. The van der Waals surface area contributed by atoms with Crippen LogP contribution in [0.4, 0.5) is 0 Å². The highest BCUT2D eigenvalue weighted by Crippen LogP contribution is 2.10. The Labute approximate surface area is 117 Å². The average Bonchev–Trinajstić information content (AvgIpc) is 2.94. The minimum atomic E-state index is 0.619. The molecule has 3 aromatic heterocycles. The Kier molecular flexibility index (Phi) is 3.23. The molecule has 0 spiro atoms. The zero-order chi connectivity index (χ0) is 14.1. The van der Waals surface area contributed by atoms with Gasteiger partial charge in [-0.2, -0.15) is 4.98 Å². The standard InChI is InChI=1S/C14H17N5O/c1-10-4-5-19-8-12(16-13(19)6-10)7-18(3)9-14-15-11(2)17-20-14/h4-6,8H,7,9H2,1-3H3. The molecule has 0 bridgehead atoms. The largest absolute Gasteiger partial charge is 0.338 e. The smallest absolute Gasteiger partial charge is 0.240 e. The van der Waals surface area contributed by atoms with Crippen molar-refractivity contribution in [1.82, 2.24) is 24.4 Å². The van der Waals surface area contributed by atoms with Gasteiger partial charge in [0.1, 0.15) is 5.65 Å². The van der Waals surface area contributed by atoms with Crippen molar-refractivity contribution in [2.24, 2.45) is 0 Å². The van der Waals surface area contributed by atoms with Gasteiger partial charge in [-0.25, -0.2) is 4.98 Å². The summed E-state index contributed by atoms with van der Waals surface area (Å²) in [6.45, 7) is 5.24. The second-order valence-corrected chi connectivity index (χ2v) is 5.11. The van der Waals surface area contributed by atoms with Crippen molar-refractivity contribution in [1.29, 1.82) is 0 Å². The molecule has 0 saturated heterocycles. The van der Waals surface area contributed by atoms with E-state index in [1.54, 1.807) is 0 Å². The number of rotatable bonds is 4. The molecule has 3 aromatic rings. The van der Waals surface area contributed by atoms with E-state index in [0.29, 0.717) is 18.3 Å². The van der Waals surface area contributed by atoms with Gasteiger partial charge in [0.05, 0.1) is 12.2 Å². The summed E-state index contributed by atoms with van der Waals surface area (Å²) in [5, 5.41) is 3.79. The molecule has 6 heteroatoms. The van der Waals surface area contributed by atoms with Crippen LogP contribution >= 0.6 is 0 Å². The zero-order valence-electron chi connectivity index (χ0n) is 11.9. The number of aromatic nitrogens is 4. The summed E-state index contributed by atoms with van der Waals surface area (Å²) >= 11 is 0. The number of hydrogen-bond acceptors (Lipinski definition) is 5. The van der Waals surface area contributed by atoms with E-state index in [9.17, 15) is 0 Å². The molecule has 6 nitrogen and oxygen atoms in total. The van der Waals surface area contributed by atoms with E-state index < -0.39 is 0 Å². The van der Waals surface area contributed by atoms with Crippen molar-refractivity contribution in [2.45, 2.75) is 26.9 Å². The number of pyridine rings is 1. The molecule has 0 saturated carbocycles. The third-order valence-electron chi connectivity index (χ3n) is 3.07. The summed E-state index contributed by atoms with van der Waals surface area (Å²) in [5.74, 6) is 1.29. The first-order valence-corrected chi connectivity index (χ1v) is 6.52. The van der Waals surface area contributed by atoms with Crippen LogP contribution in [0.15, 0.2) is 29.0 Å². The first-order chi connectivity index (χ1) is 9.60. The Morgan fingerprint density at radius 2 is 2.10 bits per heavy atom. The van der Waals surface area contributed by atoms with E-state index in [2.05, 4.69) is 39.1 Å². The van der Waals surface area contributed by atoms with Crippen LogP contribution in [-0.2, 0) is 13.1 Å². The minimum absolute atomic E-state index is 0.619. The first kappa shape index (κ1) is 12.8. The quantitative estimate of drug-likeness (QED) is 0.726. The zero-order valence-corrected chi connectivity index (χ0v) is 11.9. The van der Waals surface area contributed by atoms with Crippen molar-refractivity contribution < 1.29 is 4.52 Å².